The summed E-state index contributed by atoms with van der Waals surface area (Å²) in [6, 6.07) is 0. The molecule has 5 atom stereocenters. The standard InChI is InChI=1S/C12H20O7/c1-3-8(9(15)6-13)10-4-7(14)5-12(17,19-10)11(16)18-2/h3,7-10,13-15,17H,1,4-6H2,2H3/t7?,8?,9-,10?,12?/m1/s1. The van der Waals surface area contributed by atoms with Crippen molar-refractivity contribution in [2.24, 2.45) is 5.92 Å². The Morgan fingerprint density at radius 1 is 1.68 bits per heavy atom. The second-order valence-electron chi connectivity index (χ2n) is 4.59. The van der Waals surface area contributed by atoms with Gasteiger partial charge in [-0.2, -0.15) is 0 Å². The molecule has 4 N–H and O–H groups in total. The third-order valence-corrected chi connectivity index (χ3v) is 3.20. The molecule has 4 unspecified atom stereocenters. The molecule has 1 heterocycles. The first-order valence-corrected chi connectivity index (χ1v) is 5.96. The summed E-state index contributed by atoms with van der Waals surface area (Å²) in [6.07, 6.45) is -1.86. The molecule has 0 aromatic carbocycles. The van der Waals surface area contributed by atoms with Crippen LogP contribution in [0.3, 0.4) is 0 Å². The number of hydrogen-bond acceptors (Lipinski definition) is 7. The fourth-order valence-corrected chi connectivity index (χ4v) is 2.22. The Morgan fingerprint density at radius 3 is 2.79 bits per heavy atom. The van der Waals surface area contributed by atoms with Gasteiger partial charge >= 0.3 is 5.97 Å². The summed E-state index contributed by atoms with van der Waals surface area (Å²) < 4.78 is 9.68. The van der Waals surface area contributed by atoms with Gasteiger partial charge in [0, 0.05) is 18.8 Å². The lowest BCUT2D eigenvalue weighted by molar-refractivity contribution is -0.280. The van der Waals surface area contributed by atoms with Gasteiger partial charge in [0.2, 0.25) is 0 Å². The second-order valence-corrected chi connectivity index (χ2v) is 4.59. The first kappa shape index (κ1) is 16.1. The lowest BCUT2D eigenvalue weighted by Gasteiger charge is -2.40. The summed E-state index contributed by atoms with van der Waals surface area (Å²) in [4.78, 5) is 11.5. The lowest BCUT2D eigenvalue weighted by Crippen LogP contribution is -2.55. The second kappa shape index (κ2) is 6.44. The highest BCUT2D eigenvalue weighted by atomic mass is 16.7. The van der Waals surface area contributed by atoms with E-state index < -0.39 is 42.6 Å². The van der Waals surface area contributed by atoms with Crippen molar-refractivity contribution in [3.8, 4) is 0 Å². The largest absolute Gasteiger partial charge is 0.465 e. The van der Waals surface area contributed by atoms with E-state index in [9.17, 15) is 20.1 Å². The van der Waals surface area contributed by atoms with Gasteiger partial charge in [-0.25, -0.2) is 4.79 Å². The monoisotopic (exact) mass is 276 g/mol. The van der Waals surface area contributed by atoms with Crippen molar-refractivity contribution in [2.45, 2.75) is 36.9 Å². The Morgan fingerprint density at radius 2 is 2.32 bits per heavy atom. The van der Waals surface area contributed by atoms with Crippen molar-refractivity contribution in [3.05, 3.63) is 12.7 Å². The van der Waals surface area contributed by atoms with Crippen LogP contribution in [0.15, 0.2) is 12.7 Å². The highest BCUT2D eigenvalue weighted by Crippen LogP contribution is 2.33. The number of carbonyl (C=O) groups is 1. The van der Waals surface area contributed by atoms with E-state index in [4.69, 9.17) is 9.84 Å². The maximum atomic E-state index is 11.5. The molecule has 7 heteroatoms. The summed E-state index contributed by atoms with van der Waals surface area (Å²) in [7, 11) is 1.09. The van der Waals surface area contributed by atoms with Crippen LogP contribution in [0.25, 0.3) is 0 Å². The average Bonchev–Trinajstić information content (AvgIpc) is 2.37. The molecule has 0 saturated carbocycles. The molecule has 0 aromatic rings. The molecule has 110 valence electrons. The van der Waals surface area contributed by atoms with Gasteiger partial charge in [-0.3, -0.25) is 0 Å². The van der Waals surface area contributed by atoms with Crippen molar-refractivity contribution < 1.29 is 34.7 Å². The molecular formula is C12H20O7. The quantitative estimate of drug-likeness (QED) is 0.358. The van der Waals surface area contributed by atoms with Gasteiger partial charge in [0.05, 0.1) is 32.0 Å². The molecule has 0 amide bonds. The van der Waals surface area contributed by atoms with E-state index >= 15 is 0 Å². The number of methoxy groups -OCH3 is 1. The molecule has 1 saturated heterocycles. The van der Waals surface area contributed by atoms with Crippen LogP contribution in [0.5, 0.6) is 0 Å². The van der Waals surface area contributed by atoms with E-state index in [0.717, 1.165) is 7.11 Å². The first-order chi connectivity index (χ1) is 8.87. The summed E-state index contributed by atoms with van der Waals surface area (Å²) in [6.45, 7) is 2.99. The Bertz CT molecular complexity index is 332. The Kier molecular flexibility index (Phi) is 5.45. The van der Waals surface area contributed by atoms with Crippen molar-refractivity contribution in [1.82, 2.24) is 0 Å². The number of ether oxygens (including phenoxy) is 2. The van der Waals surface area contributed by atoms with Crippen LogP contribution in [0.1, 0.15) is 12.8 Å². The predicted molar refractivity (Wildman–Crippen MR) is 63.9 cm³/mol. The summed E-state index contributed by atoms with van der Waals surface area (Å²) in [5.74, 6) is -4.00. The SMILES string of the molecule is C=CC(C1CC(O)CC(O)(C(=O)OC)O1)[C@H](O)CO. The molecule has 0 bridgehead atoms. The zero-order valence-electron chi connectivity index (χ0n) is 10.7. The zero-order valence-corrected chi connectivity index (χ0v) is 10.7. The number of aliphatic hydroxyl groups is 4. The number of esters is 1. The van der Waals surface area contributed by atoms with Gasteiger partial charge in [0.25, 0.3) is 5.79 Å². The van der Waals surface area contributed by atoms with E-state index in [1.165, 1.54) is 6.08 Å². The smallest absolute Gasteiger partial charge is 0.366 e. The first-order valence-electron chi connectivity index (χ1n) is 5.96. The van der Waals surface area contributed by atoms with Crippen molar-refractivity contribution in [3.63, 3.8) is 0 Å². The van der Waals surface area contributed by atoms with E-state index in [-0.39, 0.29) is 12.8 Å². The number of carbonyl (C=O) groups excluding carboxylic acids is 1. The highest BCUT2D eigenvalue weighted by Gasteiger charge is 2.49. The molecule has 1 rings (SSSR count). The van der Waals surface area contributed by atoms with Crippen LogP contribution < -0.4 is 0 Å². The van der Waals surface area contributed by atoms with Gasteiger partial charge in [-0.1, -0.05) is 6.08 Å². The maximum absolute atomic E-state index is 11.5. The summed E-state index contributed by atoms with van der Waals surface area (Å²) >= 11 is 0. The third-order valence-electron chi connectivity index (χ3n) is 3.20. The molecule has 7 nitrogen and oxygen atoms in total. The predicted octanol–water partition coefficient (Wildman–Crippen LogP) is -1.46. The highest BCUT2D eigenvalue weighted by molar-refractivity contribution is 5.77. The fraction of sp³-hybridized carbons (Fsp3) is 0.750. The molecule has 0 radical (unpaired) electrons. The molecular weight excluding hydrogens is 256 g/mol. The van der Waals surface area contributed by atoms with Crippen molar-refractivity contribution in [1.29, 1.82) is 0 Å². The number of hydrogen-bond donors (Lipinski definition) is 4. The van der Waals surface area contributed by atoms with Crippen LogP contribution in [0.4, 0.5) is 0 Å². The van der Waals surface area contributed by atoms with Crippen LogP contribution >= 0.6 is 0 Å². The van der Waals surface area contributed by atoms with E-state index in [2.05, 4.69) is 11.3 Å². The minimum Gasteiger partial charge on any atom is -0.465 e. The van der Waals surface area contributed by atoms with E-state index in [1.807, 2.05) is 0 Å². The van der Waals surface area contributed by atoms with Crippen LogP contribution in [0.2, 0.25) is 0 Å². The van der Waals surface area contributed by atoms with Crippen molar-refractivity contribution >= 4 is 5.97 Å². The summed E-state index contributed by atoms with van der Waals surface area (Å²) in [5.41, 5.74) is 0. The van der Waals surface area contributed by atoms with E-state index in [0.29, 0.717) is 0 Å². The van der Waals surface area contributed by atoms with Gasteiger partial charge < -0.3 is 29.9 Å². The molecule has 1 fully saturated rings. The van der Waals surface area contributed by atoms with Gasteiger partial charge in [0.1, 0.15) is 0 Å². The normalized spacial score (nSPS) is 34.4. The lowest BCUT2D eigenvalue weighted by atomic mass is 9.87. The van der Waals surface area contributed by atoms with E-state index in [1.54, 1.807) is 0 Å². The fourth-order valence-electron chi connectivity index (χ4n) is 2.22. The zero-order chi connectivity index (χ0) is 14.6. The Labute approximate surface area is 111 Å². The maximum Gasteiger partial charge on any atom is 0.366 e. The molecule has 1 aliphatic heterocycles. The van der Waals surface area contributed by atoms with Crippen LogP contribution in [0, 0.1) is 5.92 Å². The number of aliphatic hydroxyl groups excluding tert-OH is 3. The summed E-state index contributed by atoms with van der Waals surface area (Å²) in [5, 5.41) is 38.4. The van der Waals surface area contributed by atoms with Gasteiger partial charge in [-0.15, -0.1) is 6.58 Å². The topological polar surface area (TPSA) is 116 Å². The minimum absolute atomic E-state index is 0.104. The number of rotatable bonds is 5. The van der Waals surface area contributed by atoms with Gasteiger partial charge in [0.15, 0.2) is 0 Å². The minimum atomic E-state index is -2.26. The Balaban J connectivity index is 2.90. The Hall–Kier alpha value is -0.990. The molecule has 19 heavy (non-hydrogen) atoms. The third kappa shape index (κ3) is 3.52. The molecule has 0 aliphatic carbocycles. The molecule has 1 aliphatic rings. The van der Waals surface area contributed by atoms with Gasteiger partial charge in [-0.05, 0) is 0 Å². The molecule has 0 aromatic heterocycles. The van der Waals surface area contributed by atoms with Crippen molar-refractivity contribution in [2.75, 3.05) is 13.7 Å². The van der Waals surface area contributed by atoms with Crippen LogP contribution in [-0.4, -0.2) is 64.2 Å². The van der Waals surface area contributed by atoms with Crippen LogP contribution in [-0.2, 0) is 14.3 Å². The molecule has 0 spiro atoms. The average molecular weight is 276 g/mol.